The van der Waals surface area contributed by atoms with Gasteiger partial charge in [-0.3, -0.25) is 0 Å². The molecule has 1 aromatic rings. The predicted molar refractivity (Wildman–Crippen MR) is 50.5 cm³/mol. The van der Waals surface area contributed by atoms with Crippen LogP contribution in [0.4, 0.5) is 8.78 Å². The number of ether oxygens (including phenoxy) is 1. The maximum absolute atomic E-state index is 11.9. The fourth-order valence-corrected chi connectivity index (χ4v) is 1.01. The maximum Gasteiger partial charge on any atom is 0.272 e. The van der Waals surface area contributed by atoms with Crippen LogP contribution in [0.15, 0.2) is 29.4 Å². The van der Waals surface area contributed by atoms with Crippen LogP contribution in [-0.4, -0.2) is 24.1 Å². The Labute approximate surface area is 85.0 Å². The van der Waals surface area contributed by atoms with Crippen LogP contribution in [0, 0.1) is 0 Å². The van der Waals surface area contributed by atoms with Gasteiger partial charge in [0.1, 0.15) is 12.4 Å². The maximum atomic E-state index is 11.9. The van der Waals surface area contributed by atoms with Crippen LogP contribution in [0.1, 0.15) is 5.56 Å². The molecule has 0 atom stereocenters. The summed E-state index contributed by atoms with van der Waals surface area (Å²) >= 11 is 0. The van der Waals surface area contributed by atoms with E-state index in [9.17, 15) is 8.78 Å². The standard InChI is InChI=1S/C9H10F2N2O2/c10-8(11)5-15-7-4-2-1-3-6(7)9(12)13-14/h1-4,8,14H,5H2,(H2,12,13). The molecular weight excluding hydrogens is 206 g/mol. The fourth-order valence-electron chi connectivity index (χ4n) is 1.01. The van der Waals surface area contributed by atoms with E-state index in [1.807, 2.05) is 0 Å². The van der Waals surface area contributed by atoms with E-state index in [1.165, 1.54) is 12.1 Å². The first-order chi connectivity index (χ1) is 7.15. The van der Waals surface area contributed by atoms with Crippen molar-refractivity contribution in [1.82, 2.24) is 0 Å². The zero-order valence-corrected chi connectivity index (χ0v) is 7.73. The second kappa shape index (κ2) is 5.14. The number of amidine groups is 1. The molecule has 6 heteroatoms. The molecule has 0 saturated heterocycles. The quantitative estimate of drug-likeness (QED) is 0.346. The monoisotopic (exact) mass is 216 g/mol. The van der Waals surface area contributed by atoms with E-state index >= 15 is 0 Å². The number of alkyl halides is 2. The van der Waals surface area contributed by atoms with Crippen LogP contribution < -0.4 is 10.5 Å². The SMILES string of the molecule is NC(=NO)c1ccccc1OCC(F)F. The molecule has 1 rings (SSSR count). The molecule has 1 aromatic carbocycles. The smallest absolute Gasteiger partial charge is 0.272 e. The number of hydrogen-bond donors (Lipinski definition) is 2. The normalized spacial score (nSPS) is 11.8. The van der Waals surface area contributed by atoms with Gasteiger partial charge in [-0.15, -0.1) is 0 Å². The minimum absolute atomic E-state index is 0.160. The van der Waals surface area contributed by atoms with Gasteiger partial charge in [0.05, 0.1) is 5.56 Å². The Hall–Kier alpha value is -1.85. The molecule has 0 aliphatic carbocycles. The molecule has 0 heterocycles. The van der Waals surface area contributed by atoms with Crippen molar-refractivity contribution in [3.8, 4) is 5.75 Å². The van der Waals surface area contributed by atoms with Crippen molar-refractivity contribution in [1.29, 1.82) is 0 Å². The van der Waals surface area contributed by atoms with Gasteiger partial charge < -0.3 is 15.7 Å². The van der Waals surface area contributed by atoms with E-state index in [0.29, 0.717) is 0 Å². The van der Waals surface area contributed by atoms with Crippen molar-refractivity contribution in [2.45, 2.75) is 6.43 Å². The van der Waals surface area contributed by atoms with Gasteiger partial charge in [-0.2, -0.15) is 0 Å². The molecule has 0 saturated carbocycles. The molecule has 82 valence electrons. The minimum atomic E-state index is -2.56. The second-order valence-corrected chi connectivity index (χ2v) is 2.68. The molecule has 0 amide bonds. The molecule has 0 radical (unpaired) electrons. The summed E-state index contributed by atoms with van der Waals surface area (Å²) in [6.07, 6.45) is -2.56. The molecule has 0 aliphatic rings. The van der Waals surface area contributed by atoms with Gasteiger partial charge in [0.2, 0.25) is 0 Å². The van der Waals surface area contributed by atoms with Gasteiger partial charge in [-0.25, -0.2) is 8.78 Å². The number of nitrogens with two attached hydrogens (primary N) is 1. The summed E-state index contributed by atoms with van der Waals surface area (Å²) in [5.41, 5.74) is 5.61. The number of halogens is 2. The van der Waals surface area contributed by atoms with E-state index in [0.717, 1.165) is 0 Å². The Balaban J connectivity index is 2.87. The van der Waals surface area contributed by atoms with Crippen molar-refractivity contribution in [3.05, 3.63) is 29.8 Å². The lowest BCUT2D eigenvalue weighted by molar-refractivity contribution is 0.0818. The molecule has 3 N–H and O–H groups in total. The van der Waals surface area contributed by atoms with Crippen LogP contribution in [0.3, 0.4) is 0 Å². The first-order valence-corrected chi connectivity index (χ1v) is 4.13. The molecule has 0 unspecified atom stereocenters. The Morgan fingerprint density at radius 1 is 1.47 bits per heavy atom. The third kappa shape index (κ3) is 3.08. The van der Waals surface area contributed by atoms with Crippen LogP contribution in [0.25, 0.3) is 0 Å². The Bertz CT molecular complexity index is 356. The van der Waals surface area contributed by atoms with E-state index in [2.05, 4.69) is 5.16 Å². The van der Waals surface area contributed by atoms with E-state index < -0.39 is 13.0 Å². The summed E-state index contributed by atoms with van der Waals surface area (Å²) in [5.74, 6) is -0.0204. The topological polar surface area (TPSA) is 67.8 Å². The van der Waals surface area contributed by atoms with Gasteiger partial charge in [-0.05, 0) is 12.1 Å². The fraction of sp³-hybridized carbons (Fsp3) is 0.222. The lowest BCUT2D eigenvalue weighted by Gasteiger charge is -2.09. The summed E-state index contributed by atoms with van der Waals surface area (Å²) in [4.78, 5) is 0. The molecule has 0 aromatic heterocycles. The molecule has 0 spiro atoms. The minimum Gasteiger partial charge on any atom is -0.487 e. The highest BCUT2D eigenvalue weighted by atomic mass is 19.3. The molecule has 0 fully saturated rings. The van der Waals surface area contributed by atoms with Gasteiger partial charge in [0, 0.05) is 0 Å². The number of oxime groups is 1. The van der Waals surface area contributed by atoms with Crippen molar-refractivity contribution < 1.29 is 18.7 Å². The third-order valence-corrected chi connectivity index (χ3v) is 1.64. The average Bonchev–Trinajstić information content (AvgIpc) is 2.25. The number of nitrogens with zero attached hydrogens (tertiary/aromatic N) is 1. The van der Waals surface area contributed by atoms with Crippen molar-refractivity contribution in [2.24, 2.45) is 10.9 Å². The summed E-state index contributed by atoms with van der Waals surface area (Å²) < 4.78 is 28.6. The zero-order chi connectivity index (χ0) is 11.3. The predicted octanol–water partition coefficient (Wildman–Crippen LogP) is 1.43. The first kappa shape index (κ1) is 11.2. The molecule has 15 heavy (non-hydrogen) atoms. The molecule has 4 nitrogen and oxygen atoms in total. The van der Waals surface area contributed by atoms with E-state index in [4.69, 9.17) is 15.7 Å². The van der Waals surface area contributed by atoms with Crippen LogP contribution in [-0.2, 0) is 0 Å². The lowest BCUT2D eigenvalue weighted by atomic mass is 10.2. The number of hydrogen-bond acceptors (Lipinski definition) is 3. The molecular formula is C9H10F2N2O2. The lowest BCUT2D eigenvalue weighted by Crippen LogP contribution is -2.16. The number of rotatable bonds is 4. The second-order valence-electron chi connectivity index (χ2n) is 2.68. The molecule has 0 aliphatic heterocycles. The Kier molecular flexibility index (Phi) is 3.84. The average molecular weight is 216 g/mol. The van der Waals surface area contributed by atoms with E-state index in [-0.39, 0.29) is 17.1 Å². The highest BCUT2D eigenvalue weighted by molar-refractivity contribution is 5.99. The van der Waals surface area contributed by atoms with Crippen LogP contribution in [0.2, 0.25) is 0 Å². The van der Waals surface area contributed by atoms with E-state index in [1.54, 1.807) is 12.1 Å². The number of para-hydroxylation sites is 1. The third-order valence-electron chi connectivity index (χ3n) is 1.64. The summed E-state index contributed by atoms with van der Waals surface area (Å²) in [6, 6.07) is 6.21. The Morgan fingerprint density at radius 3 is 2.73 bits per heavy atom. The summed E-state index contributed by atoms with van der Waals surface area (Å²) in [5, 5.41) is 11.2. The van der Waals surface area contributed by atoms with Crippen molar-refractivity contribution in [2.75, 3.05) is 6.61 Å². The highest BCUT2D eigenvalue weighted by Gasteiger charge is 2.09. The zero-order valence-electron chi connectivity index (χ0n) is 7.73. The Morgan fingerprint density at radius 2 is 2.13 bits per heavy atom. The van der Waals surface area contributed by atoms with Crippen LogP contribution >= 0.6 is 0 Å². The summed E-state index contributed by atoms with van der Waals surface area (Å²) in [6.45, 7) is -0.726. The van der Waals surface area contributed by atoms with Crippen molar-refractivity contribution >= 4 is 5.84 Å². The first-order valence-electron chi connectivity index (χ1n) is 4.13. The van der Waals surface area contributed by atoms with Gasteiger partial charge in [0.15, 0.2) is 5.84 Å². The van der Waals surface area contributed by atoms with Crippen LogP contribution in [0.5, 0.6) is 5.75 Å². The van der Waals surface area contributed by atoms with Gasteiger partial charge >= 0.3 is 0 Å². The van der Waals surface area contributed by atoms with Gasteiger partial charge in [-0.1, -0.05) is 17.3 Å². The highest BCUT2D eigenvalue weighted by Crippen LogP contribution is 2.18. The largest absolute Gasteiger partial charge is 0.487 e. The summed E-state index contributed by atoms with van der Waals surface area (Å²) in [7, 11) is 0. The van der Waals surface area contributed by atoms with Crippen molar-refractivity contribution in [3.63, 3.8) is 0 Å². The van der Waals surface area contributed by atoms with Gasteiger partial charge in [0.25, 0.3) is 6.43 Å². The molecule has 0 bridgehead atoms. The number of benzene rings is 1.